The standard InChI is InChI=1S/C42H43N3O3/c1-7-43-33-18-12-30(13-19-33)37(32-16-22-35(23-17-32)45(5)6)25-27-39-40(46)38(41(47)42(39)48)26-24-36(29-10-8-28(2)9-11-29)31-14-20-34(21-15-31)44(3)4/h8-25,27,38,43H,7,26H2,1-6H3. The molecular weight excluding hydrogens is 594 g/mol. The SMILES string of the molecule is CCNc1ccc(C(=CC=C2C(=O)C(=O)C(CC=C(c3ccc(C)cc3)c3ccc(N(C)C)cc3)C2=O)c2ccc(N(C)C)cc2)cc1. The van der Waals surface area contributed by atoms with Crippen LogP contribution in [0.2, 0.25) is 0 Å². The number of allylic oxidation sites excluding steroid dienone is 4. The highest BCUT2D eigenvalue weighted by molar-refractivity contribution is 6.59. The summed E-state index contributed by atoms with van der Waals surface area (Å²) in [5.74, 6) is -2.88. The minimum Gasteiger partial charge on any atom is -0.385 e. The molecule has 1 N–H and O–H groups in total. The van der Waals surface area contributed by atoms with Crippen molar-refractivity contribution in [2.75, 3.05) is 49.9 Å². The van der Waals surface area contributed by atoms with Gasteiger partial charge in [0, 0.05) is 51.8 Å². The third-order valence-corrected chi connectivity index (χ3v) is 8.67. The first-order valence-electron chi connectivity index (χ1n) is 16.3. The van der Waals surface area contributed by atoms with Crippen molar-refractivity contribution >= 4 is 45.6 Å². The van der Waals surface area contributed by atoms with Gasteiger partial charge in [-0.25, -0.2) is 0 Å². The molecule has 1 atom stereocenters. The second-order valence-electron chi connectivity index (χ2n) is 12.5. The summed E-state index contributed by atoms with van der Waals surface area (Å²) in [6.07, 6.45) is 5.37. The lowest BCUT2D eigenvalue weighted by Gasteiger charge is -2.15. The summed E-state index contributed by atoms with van der Waals surface area (Å²) in [5.41, 5.74) is 9.75. The maximum atomic E-state index is 13.7. The van der Waals surface area contributed by atoms with Crippen LogP contribution in [0.1, 0.15) is 41.2 Å². The fraction of sp³-hybridized carbons (Fsp3) is 0.214. The number of ketones is 3. The van der Waals surface area contributed by atoms with E-state index in [0.29, 0.717) is 0 Å². The minimum absolute atomic E-state index is 0.0719. The Morgan fingerprint density at radius 3 is 1.58 bits per heavy atom. The van der Waals surface area contributed by atoms with E-state index in [1.807, 2.05) is 155 Å². The predicted molar refractivity (Wildman–Crippen MR) is 199 cm³/mol. The Hall–Kier alpha value is -5.49. The molecule has 48 heavy (non-hydrogen) atoms. The number of nitrogens with zero attached hydrogens (tertiary/aromatic N) is 2. The second-order valence-corrected chi connectivity index (χ2v) is 12.5. The van der Waals surface area contributed by atoms with Gasteiger partial charge in [0.1, 0.15) is 0 Å². The minimum atomic E-state index is -1.05. The van der Waals surface area contributed by atoms with Gasteiger partial charge in [0.25, 0.3) is 0 Å². The summed E-state index contributed by atoms with van der Waals surface area (Å²) >= 11 is 0. The Kier molecular flexibility index (Phi) is 10.5. The fourth-order valence-corrected chi connectivity index (χ4v) is 5.83. The van der Waals surface area contributed by atoms with Crippen molar-refractivity contribution in [2.24, 2.45) is 5.92 Å². The van der Waals surface area contributed by atoms with Gasteiger partial charge in [0.05, 0.1) is 11.5 Å². The van der Waals surface area contributed by atoms with E-state index < -0.39 is 23.3 Å². The molecule has 0 saturated heterocycles. The van der Waals surface area contributed by atoms with Gasteiger partial charge in [0.2, 0.25) is 11.6 Å². The lowest BCUT2D eigenvalue weighted by atomic mass is 9.92. The Morgan fingerprint density at radius 2 is 1.10 bits per heavy atom. The zero-order chi connectivity index (χ0) is 34.4. The average molecular weight is 638 g/mol. The van der Waals surface area contributed by atoms with Crippen LogP contribution in [-0.2, 0) is 14.4 Å². The van der Waals surface area contributed by atoms with Gasteiger partial charge in [-0.05, 0) is 96.1 Å². The van der Waals surface area contributed by atoms with Gasteiger partial charge in [-0.3, -0.25) is 14.4 Å². The lowest BCUT2D eigenvalue weighted by molar-refractivity contribution is -0.135. The number of anilines is 3. The quantitative estimate of drug-likeness (QED) is 0.0784. The molecule has 0 heterocycles. The number of rotatable bonds is 11. The van der Waals surface area contributed by atoms with Gasteiger partial charge in [-0.15, -0.1) is 0 Å². The van der Waals surface area contributed by atoms with E-state index in [-0.39, 0.29) is 12.0 Å². The molecule has 0 radical (unpaired) electrons. The number of benzene rings is 4. The van der Waals surface area contributed by atoms with Crippen molar-refractivity contribution in [2.45, 2.75) is 20.3 Å². The molecule has 0 spiro atoms. The Morgan fingerprint density at radius 1 is 0.646 bits per heavy atom. The van der Waals surface area contributed by atoms with E-state index in [9.17, 15) is 14.4 Å². The fourth-order valence-electron chi connectivity index (χ4n) is 5.83. The monoisotopic (exact) mass is 637 g/mol. The number of nitrogens with one attached hydrogen (secondary N) is 1. The molecule has 6 heteroatoms. The topological polar surface area (TPSA) is 69.7 Å². The van der Waals surface area contributed by atoms with Crippen molar-refractivity contribution in [3.63, 3.8) is 0 Å². The molecule has 0 bridgehead atoms. The number of aryl methyl sites for hydroxylation is 1. The maximum absolute atomic E-state index is 13.7. The van der Waals surface area contributed by atoms with Crippen molar-refractivity contribution in [3.05, 3.63) is 149 Å². The van der Waals surface area contributed by atoms with Crippen molar-refractivity contribution in [1.29, 1.82) is 0 Å². The molecule has 0 amide bonds. The van der Waals surface area contributed by atoms with E-state index in [2.05, 4.69) is 5.32 Å². The first kappa shape index (κ1) is 33.9. The van der Waals surface area contributed by atoms with Crippen LogP contribution in [-0.4, -0.2) is 52.1 Å². The van der Waals surface area contributed by atoms with Crippen molar-refractivity contribution in [3.8, 4) is 0 Å². The van der Waals surface area contributed by atoms with Crippen LogP contribution >= 0.6 is 0 Å². The van der Waals surface area contributed by atoms with E-state index in [1.165, 1.54) is 6.08 Å². The lowest BCUT2D eigenvalue weighted by Crippen LogP contribution is -2.16. The predicted octanol–water partition coefficient (Wildman–Crippen LogP) is 7.78. The molecule has 0 aliphatic heterocycles. The molecule has 1 aliphatic rings. The Bertz CT molecular complexity index is 1880. The van der Waals surface area contributed by atoms with E-state index in [4.69, 9.17) is 0 Å². The Balaban J connectivity index is 1.49. The van der Waals surface area contributed by atoms with Crippen LogP contribution in [0.25, 0.3) is 11.1 Å². The molecule has 4 aromatic rings. The van der Waals surface area contributed by atoms with Crippen LogP contribution in [0.15, 0.2) is 121 Å². The molecule has 1 aliphatic carbocycles. The van der Waals surface area contributed by atoms with Crippen LogP contribution in [0.4, 0.5) is 17.1 Å². The zero-order valence-electron chi connectivity index (χ0n) is 28.6. The normalized spacial score (nSPS) is 16.1. The number of hydrogen-bond acceptors (Lipinski definition) is 6. The van der Waals surface area contributed by atoms with Gasteiger partial charge < -0.3 is 15.1 Å². The third kappa shape index (κ3) is 7.55. The summed E-state index contributed by atoms with van der Waals surface area (Å²) in [5, 5.41) is 3.31. The molecule has 1 saturated carbocycles. The van der Waals surface area contributed by atoms with Gasteiger partial charge in [-0.2, -0.15) is 0 Å². The highest BCUT2D eigenvalue weighted by Crippen LogP contribution is 2.32. The second kappa shape index (κ2) is 14.9. The van der Waals surface area contributed by atoms with Crippen LogP contribution in [0.3, 0.4) is 0 Å². The summed E-state index contributed by atoms with van der Waals surface area (Å²) in [4.78, 5) is 44.3. The molecule has 0 aromatic heterocycles. The summed E-state index contributed by atoms with van der Waals surface area (Å²) in [6.45, 7) is 4.89. The van der Waals surface area contributed by atoms with Gasteiger partial charge in [-0.1, -0.05) is 78.4 Å². The summed E-state index contributed by atoms with van der Waals surface area (Å²) < 4.78 is 0. The van der Waals surface area contributed by atoms with Crippen molar-refractivity contribution < 1.29 is 14.4 Å². The third-order valence-electron chi connectivity index (χ3n) is 8.67. The van der Waals surface area contributed by atoms with Crippen LogP contribution < -0.4 is 15.1 Å². The zero-order valence-corrected chi connectivity index (χ0v) is 28.6. The number of carbonyl (C=O) groups excluding carboxylic acids is 3. The average Bonchev–Trinajstić information content (AvgIpc) is 3.29. The smallest absolute Gasteiger partial charge is 0.232 e. The molecular formula is C42H43N3O3. The highest BCUT2D eigenvalue weighted by Gasteiger charge is 2.43. The molecule has 5 rings (SSSR count). The highest BCUT2D eigenvalue weighted by atomic mass is 16.2. The Labute approximate surface area is 284 Å². The molecule has 1 unspecified atom stereocenters. The molecule has 4 aromatic carbocycles. The molecule has 1 fully saturated rings. The largest absolute Gasteiger partial charge is 0.385 e. The van der Waals surface area contributed by atoms with E-state index in [0.717, 1.165) is 62.6 Å². The van der Waals surface area contributed by atoms with Gasteiger partial charge in [0.15, 0.2) is 5.78 Å². The van der Waals surface area contributed by atoms with Crippen LogP contribution in [0.5, 0.6) is 0 Å². The van der Waals surface area contributed by atoms with E-state index in [1.54, 1.807) is 6.08 Å². The summed E-state index contributed by atoms with van der Waals surface area (Å²) in [7, 11) is 7.95. The van der Waals surface area contributed by atoms with E-state index >= 15 is 0 Å². The van der Waals surface area contributed by atoms with Crippen molar-refractivity contribution in [1.82, 2.24) is 0 Å². The number of Topliss-reactive ketones (excluding diaryl/α,β-unsaturated/α-hetero) is 3. The number of carbonyl (C=O) groups is 3. The molecule has 6 nitrogen and oxygen atoms in total. The van der Waals surface area contributed by atoms with Crippen LogP contribution in [0, 0.1) is 12.8 Å². The first-order valence-corrected chi connectivity index (χ1v) is 16.3. The van der Waals surface area contributed by atoms with Gasteiger partial charge >= 0.3 is 0 Å². The molecule has 244 valence electrons. The first-order chi connectivity index (χ1) is 23.1. The number of hydrogen-bond donors (Lipinski definition) is 1. The maximum Gasteiger partial charge on any atom is 0.232 e. The summed E-state index contributed by atoms with van der Waals surface area (Å²) in [6, 6.07) is 32.5.